The molecule has 1 aromatic rings. The molecule has 3 atom stereocenters. The highest BCUT2D eigenvalue weighted by molar-refractivity contribution is 5.73. The first-order chi connectivity index (χ1) is 12.9. The topological polar surface area (TPSA) is 89.8 Å². The van der Waals surface area contributed by atoms with Crippen LogP contribution in [-0.2, 0) is 17.6 Å². The van der Waals surface area contributed by atoms with Crippen LogP contribution in [0.15, 0.2) is 18.2 Å². The Morgan fingerprint density at radius 2 is 1.89 bits per heavy atom. The quantitative estimate of drug-likeness (QED) is 0.353. The normalized spacial score (nSPS) is 19.9. The molecular weight excluding hydrogens is 342 g/mol. The summed E-state index contributed by atoms with van der Waals surface area (Å²) in [5.74, 6) is -0.503. The molecule has 1 amide bonds. The second-order valence-corrected chi connectivity index (χ2v) is 7.89. The largest absolute Gasteiger partial charge is 0.392 e. The molecule has 0 aromatic heterocycles. The molecule has 1 aromatic carbocycles. The van der Waals surface area contributed by atoms with Crippen molar-refractivity contribution < 1.29 is 20.1 Å². The molecule has 3 unspecified atom stereocenters. The number of fused-ring (bicyclic) bond motifs is 1. The van der Waals surface area contributed by atoms with Gasteiger partial charge in [0.25, 0.3) is 0 Å². The minimum absolute atomic E-state index is 0.193. The molecule has 5 heteroatoms. The average molecular weight is 378 g/mol. The first-order valence-electron chi connectivity index (χ1n) is 10.3. The van der Waals surface area contributed by atoms with Gasteiger partial charge in [0.05, 0.1) is 12.1 Å². The fraction of sp³-hybridized carbons (Fsp3) is 0.682. The molecule has 27 heavy (non-hydrogen) atoms. The zero-order valence-corrected chi connectivity index (χ0v) is 16.7. The molecular formula is C22H35NO4. The van der Waals surface area contributed by atoms with Gasteiger partial charge < -0.3 is 20.6 Å². The highest BCUT2D eigenvalue weighted by Gasteiger charge is 2.34. The molecule has 1 aliphatic carbocycles. The number of aryl methyl sites for hydroxylation is 1. The number of benzene rings is 1. The summed E-state index contributed by atoms with van der Waals surface area (Å²) in [4.78, 5) is 11.3. The molecule has 0 spiro atoms. The van der Waals surface area contributed by atoms with Crippen molar-refractivity contribution in [2.45, 2.75) is 96.0 Å². The summed E-state index contributed by atoms with van der Waals surface area (Å²) >= 11 is 0. The number of unbranched alkanes of at least 4 members (excludes halogenated alkanes) is 5. The number of nitrogens with one attached hydrogen (secondary N) is 1. The summed E-state index contributed by atoms with van der Waals surface area (Å²) in [6.07, 6.45) is 7.41. The van der Waals surface area contributed by atoms with Gasteiger partial charge in [0.1, 0.15) is 0 Å². The summed E-state index contributed by atoms with van der Waals surface area (Å²) in [6.45, 7) is 3.58. The molecule has 0 saturated carbocycles. The Balaban J connectivity index is 1.95. The van der Waals surface area contributed by atoms with Crippen molar-refractivity contribution in [2.75, 3.05) is 0 Å². The lowest BCUT2D eigenvalue weighted by atomic mass is 9.91. The maximum atomic E-state index is 11.3. The van der Waals surface area contributed by atoms with Crippen molar-refractivity contribution >= 4 is 5.91 Å². The molecule has 5 nitrogen and oxygen atoms in total. The van der Waals surface area contributed by atoms with Crippen molar-refractivity contribution in [3.63, 3.8) is 0 Å². The number of amides is 1. The van der Waals surface area contributed by atoms with Gasteiger partial charge >= 0.3 is 0 Å². The molecule has 0 bridgehead atoms. The standard InChI is InChI=1S/C22H35NO4/c1-3-4-5-6-7-8-9-16-10-11-18-17(12-16)13-21(25)19(18)14-20(22(26)27)23-15(2)24/h10-12,19-22,25-27H,3-9,13-14H2,1-2H3,(H,23,24). The third kappa shape index (κ3) is 6.59. The van der Waals surface area contributed by atoms with Gasteiger partial charge in [-0.2, -0.15) is 0 Å². The van der Waals surface area contributed by atoms with Gasteiger partial charge in [-0.1, -0.05) is 57.2 Å². The molecule has 1 aliphatic rings. The molecule has 0 heterocycles. The third-order valence-electron chi connectivity index (χ3n) is 5.58. The van der Waals surface area contributed by atoms with Crippen molar-refractivity contribution in [1.82, 2.24) is 5.32 Å². The predicted octanol–water partition coefficient (Wildman–Crippen LogP) is 2.80. The molecule has 0 radical (unpaired) electrons. The van der Waals surface area contributed by atoms with Crippen molar-refractivity contribution in [1.29, 1.82) is 0 Å². The molecule has 0 aliphatic heterocycles. The van der Waals surface area contributed by atoms with Crippen LogP contribution in [0.4, 0.5) is 0 Å². The first kappa shape index (κ1) is 21.9. The van der Waals surface area contributed by atoms with Gasteiger partial charge in [-0.15, -0.1) is 0 Å². The van der Waals surface area contributed by atoms with Crippen LogP contribution in [0, 0.1) is 0 Å². The van der Waals surface area contributed by atoms with Crippen LogP contribution in [0.3, 0.4) is 0 Å². The summed E-state index contributed by atoms with van der Waals surface area (Å²) < 4.78 is 0. The fourth-order valence-electron chi connectivity index (χ4n) is 4.11. The van der Waals surface area contributed by atoms with Crippen LogP contribution < -0.4 is 5.32 Å². The molecule has 4 N–H and O–H groups in total. The molecule has 0 saturated heterocycles. The van der Waals surface area contributed by atoms with Gasteiger partial charge in [-0.05, 0) is 42.4 Å². The number of carbonyl (C=O) groups excluding carboxylic acids is 1. The zero-order chi connectivity index (χ0) is 19.8. The number of hydrogen-bond donors (Lipinski definition) is 4. The maximum absolute atomic E-state index is 11.3. The molecule has 2 rings (SSSR count). The van der Waals surface area contributed by atoms with Crippen molar-refractivity contribution in [3.05, 3.63) is 34.9 Å². The van der Waals surface area contributed by atoms with E-state index < -0.39 is 18.4 Å². The number of aliphatic hydroxyl groups is 3. The third-order valence-corrected chi connectivity index (χ3v) is 5.58. The SMILES string of the molecule is CCCCCCCCc1ccc2c(c1)CC(O)C2CC(NC(C)=O)C(O)O. The lowest BCUT2D eigenvalue weighted by Crippen LogP contribution is -2.44. The van der Waals surface area contributed by atoms with E-state index in [9.17, 15) is 20.1 Å². The number of aliphatic hydroxyl groups excluding tert-OH is 2. The second-order valence-electron chi connectivity index (χ2n) is 7.89. The van der Waals surface area contributed by atoms with E-state index in [-0.39, 0.29) is 11.8 Å². The van der Waals surface area contributed by atoms with E-state index in [2.05, 4.69) is 30.4 Å². The Morgan fingerprint density at radius 1 is 1.19 bits per heavy atom. The lowest BCUT2D eigenvalue weighted by Gasteiger charge is -2.25. The van der Waals surface area contributed by atoms with E-state index in [4.69, 9.17) is 0 Å². The van der Waals surface area contributed by atoms with Crippen LogP contribution in [0.1, 0.15) is 81.4 Å². The van der Waals surface area contributed by atoms with E-state index >= 15 is 0 Å². The summed E-state index contributed by atoms with van der Waals surface area (Å²) in [5, 5.41) is 32.1. The smallest absolute Gasteiger partial charge is 0.217 e. The van der Waals surface area contributed by atoms with E-state index in [0.29, 0.717) is 12.8 Å². The summed E-state index contributed by atoms with van der Waals surface area (Å²) in [5.41, 5.74) is 3.51. The highest BCUT2D eigenvalue weighted by Crippen LogP contribution is 2.37. The Bertz CT molecular complexity index is 602. The highest BCUT2D eigenvalue weighted by atomic mass is 16.5. The van der Waals surface area contributed by atoms with Gasteiger partial charge in [0.15, 0.2) is 6.29 Å². The summed E-state index contributed by atoms with van der Waals surface area (Å²) in [6, 6.07) is 5.60. The first-order valence-corrected chi connectivity index (χ1v) is 10.3. The van der Waals surface area contributed by atoms with Crippen LogP contribution in [-0.4, -0.2) is 39.7 Å². The van der Waals surface area contributed by atoms with Gasteiger partial charge in [-0.25, -0.2) is 0 Å². The van der Waals surface area contributed by atoms with Crippen LogP contribution in [0.25, 0.3) is 0 Å². The average Bonchev–Trinajstić information content (AvgIpc) is 2.91. The van der Waals surface area contributed by atoms with Crippen LogP contribution in [0.5, 0.6) is 0 Å². The van der Waals surface area contributed by atoms with E-state index in [1.54, 1.807) is 0 Å². The molecule has 152 valence electrons. The Kier molecular flexibility index (Phi) is 8.74. The zero-order valence-electron chi connectivity index (χ0n) is 16.7. The van der Waals surface area contributed by atoms with Gasteiger partial charge in [0.2, 0.25) is 5.91 Å². The monoisotopic (exact) mass is 377 g/mol. The Hall–Kier alpha value is -1.43. The van der Waals surface area contributed by atoms with Crippen LogP contribution in [0.2, 0.25) is 0 Å². The predicted molar refractivity (Wildman–Crippen MR) is 106 cm³/mol. The summed E-state index contributed by atoms with van der Waals surface area (Å²) in [7, 11) is 0. The molecule has 0 fully saturated rings. The van der Waals surface area contributed by atoms with E-state index in [0.717, 1.165) is 17.5 Å². The lowest BCUT2D eigenvalue weighted by molar-refractivity contribution is -0.125. The van der Waals surface area contributed by atoms with E-state index in [1.165, 1.54) is 51.0 Å². The number of carbonyl (C=O) groups is 1. The van der Waals surface area contributed by atoms with E-state index in [1.807, 2.05) is 0 Å². The van der Waals surface area contributed by atoms with Gasteiger partial charge in [-0.3, -0.25) is 4.79 Å². The Morgan fingerprint density at radius 3 is 2.56 bits per heavy atom. The van der Waals surface area contributed by atoms with Crippen LogP contribution >= 0.6 is 0 Å². The van der Waals surface area contributed by atoms with Gasteiger partial charge in [0, 0.05) is 12.8 Å². The van der Waals surface area contributed by atoms with Crippen molar-refractivity contribution in [2.24, 2.45) is 0 Å². The number of rotatable bonds is 11. The Labute approximate surface area is 162 Å². The number of hydrogen-bond acceptors (Lipinski definition) is 4. The minimum atomic E-state index is -1.64. The maximum Gasteiger partial charge on any atom is 0.217 e. The second kappa shape index (κ2) is 10.8. The fourth-order valence-corrected chi connectivity index (χ4v) is 4.11. The minimum Gasteiger partial charge on any atom is -0.392 e. The van der Waals surface area contributed by atoms with Crippen molar-refractivity contribution in [3.8, 4) is 0 Å².